The quantitative estimate of drug-likeness (QED) is 0.279. The van der Waals surface area contributed by atoms with E-state index in [1.54, 1.807) is 12.4 Å². The number of piperidine rings is 1. The van der Waals surface area contributed by atoms with E-state index in [-0.39, 0.29) is 24.7 Å². The predicted octanol–water partition coefficient (Wildman–Crippen LogP) is -0.654. The van der Waals surface area contributed by atoms with Crippen molar-refractivity contribution in [3.8, 4) is 0 Å². The van der Waals surface area contributed by atoms with Gasteiger partial charge in [-0.25, -0.2) is 10.3 Å². The van der Waals surface area contributed by atoms with Crippen molar-refractivity contribution in [3.63, 3.8) is 0 Å². The van der Waals surface area contributed by atoms with Gasteiger partial charge in [-0.3, -0.25) is 14.2 Å². The SMILES string of the molecule is CCC[C@@H](C(=O)NOC1COC2CNCCC21)N(CC)C(=O)NOS(=O)(=O)O. The number of hydrogen-bond acceptors (Lipinski definition) is 8. The molecule has 0 aliphatic carbocycles. The van der Waals surface area contributed by atoms with Gasteiger partial charge in [0.15, 0.2) is 0 Å². The number of nitrogens with zero attached hydrogens (tertiary/aromatic N) is 1. The first-order chi connectivity index (χ1) is 13.3. The first-order valence-electron chi connectivity index (χ1n) is 9.27. The molecule has 3 amide bonds. The molecule has 4 N–H and O–H groups in total. The zero-order valence-corrected chi connectivity index (χ0v) is 16.7. The Morgan fingerprint density at radius 1 is 1.36 bits per heavy atom. The second kappa shape index (κ2) is 10.3. The second-order valence-electron chi connectivity index (χ2n) is 6.66. The number of amides is 3. The number of ether oxygens (including phenoxy) is 1. The van der Waals surface area contributed by atoms with E-state index in [2.05, 4.69) is 15.1 Å². The topological polar surface area (TPSA) is 156 Å². The van der Waals surface area contributed by atoms with Crippen molar-refractivity contribution in [2.45, 2.75) is 51.4 Å². The molecule has 0 aromatic rings. The third-order valence-electron chi connectivity index (χ3n) is 4.82. The summed E-state index contributed by atoms with van der Waals surface area (Å²) in [7, 11) is -4.85. The monoisotopic (exact) mass is 424 g/mol. The van der Waals surface area contributed by atoms with E-state index in [4.69, 9.17) is 14.1 Å². The number of hydrogen-bond donors (Lipinski definition) is 4. The largest absolute Gasteiger partial charge is 0.418 e. The minimum atomic E-state index is -4.85. The zero-order valence-electron chi connectivity index (χ0n) is 15.9. The highest BCUT2D eigenvalue weighted by Crippen LogP contribution is 2.28. The van der Waals surface area contributed by atoms with Crippen LogP contribution in [0, 0.1) is 5.92 Å². The molecule has 2 saturated heterocycles. The van der Waals surface area contributed by atoms with Crippen LogP contribution in [0.15, 0.2) is 0 Å². The highest BCUT2D eigenvalue weighted by Gasteiger charge is 2.40. The van der Waals surface area contributed by atoms with Crippen LogP contribution >= 0.6 is 0 Å². The van der Waals surface area contributed by atoms with Crippen LogP contribution in [-0.2, 0) is 29.1 Å². The summed E-state index contributed by atoms with van der Waals surface area (Å²) in [5, 5.41) is 3.24. The lowest BCUT2D eigenvalue weighted by atomic mass is 9.92. The third kappa shape index (κ3) is 6.25. The van der Waals surface area contributed by atoms with Crippen LogP contribution in [0.2, 0.25) is 0 Å². The van der Waals surface area contributed by atoms with Crippen molar-refractivity contribution in [3.05, 3.63) is 0 Å². The number of rotatable bonds is 9. The molecule has 2 heterocycles. The van der Waals surface area contributed by atoms with Crippen LogP contribution in [0.1, 0.15) is 33.1 Å². The highest BCUT2D eigenvalue weighted by atomic mass is 32.3. The van der Waals surface area contributed by atoms with E-state index < -0.39 is 28.4 Å². The number of likely N-dealkylation sites (N-methyl/N-ethyl adjacent to an activating group) is 1. The average molecular weight is 424 g/mol. The van der Waals surface area contributed by atoms with Crippen molar-refractivity contribution < 1.29 is 36.4 Å². The maximum atomic E-state index is 12.6. The van der Waals surface area contributed by atoms with Gasteiger partial charge in [0.2, 0.25) is 0 Å². The van der Waals surface area contributed by atoms with Crippen LogP contribution in [0.25, 0.3) is 0 Å². The Bertz CT molecular complexity index is 646. The van der Waals surface area contributed by atoms with Crippen LogP contribution in [0.3, 0.4) is 0 Å². The minimum Gasteiger partial charge on any atom is -0.374 e. The molecule has 0 spiro atoms. The first-order valence-corrected chi connectivity index (χ1v) is 10.6. The summed E-state index contributed by atoms with van der Waals surface area (Å²) in [5.74, 6) is -0.358. The summed E-state index contributed by atoms with van der Waals surface area (Å²) < 4.78 is 39.4. The Hall–Kier alpha value is -1.51. The van der Waals surface area contributed by atoms with E-state index >= 15 is 0 Å². The molecule has 2 rings (SSSR count). The fourth-order valence-electron chi connectivity index (χ4n) is 3.48. The molecule has 2 aliphatic heterocycles. The van der Waals surface area contributed by atoms with Crippen LogP contribution in [-0.4, -0.2) is 74.3 Å². The molecule has 0 aromatic heterocycles. The predicted molar refractivity (Wildman–Crippen MR) is 96.0 cm³/mol. The summed E-state index contributed by atoms with van der Waals surface area (Å²) in [6.07, 6.45) is 1.56. The molecule has 2 fully saturated rings. The molecule has 0 aromatic carbocycles. The van der Waals surface area contributed by atoms with Gasteiger partial charge in [0.05, 0.1) is 12.7 Å². The third-order valence-corrected chi connectivity index (χ3v) is 5.11. The van der Waals surface area contributed by atoms with Crippen molar-refractivity contribution >= 4 is 22.3 Å². The van der Waals surface area contributed by atoms with Gasteiger partial charge in [0, 0.05) is 19.0 Å². The van der Waals surface area contributed by atoms with Gasteiger partial charge in [-0.05, 0) is 26.3 Å². The van der Waals surface area contributed by atoms with Gasteiger partial charge in [0.25, 0.3) is 5.91 Å². The molecular weight excluding hydrogens is 396 g/mol. The van der Waals surface area contributed by atoms with E-state index in [0.29, 0.717) is 19.4 Å². The van der Waals surface area contributed by atoms with Crippen molar-refractivity contribution in [1.82, 2.24) is 21.2 Å². The number of carbonyl (C=O) groups is 2. The van der Waals surface area contributed by atoms with Gasteiger partial charge in [-0.2, -0.15) is 13.9 Å². The molecule has 2 aliphatic rings. The molecule has 0 saturated carbocycles. The fourth-order valence-corrected chi connectivity index (χ4v) is 3.65. The Morgan fingerprint density at radius 2 is 2.11 bits per heavy atom. The molecule has 28 heavy (non-hydrogen) atoms. The van der Waals surface area contributed by atoms with Crippen LogP contribution < -0.4 is 16.3 Å². The summed E-state index contributed by atoms with van der Waals surface area (Å²) in [5.41, 5.74) is 4.02. The molecule has 0 bridgehead atoms. The molecule has 0 radical (unpaired) electrons. The van der Waals surface area contributed by atoms with E-state index in [9.17, 15) is 18.0 Å². The molecule has 4 atom stereocenters. The summed E-state index contributed by atoms with van der Waals surface area (Å²) in [4.78, 5) is 31.5. The first kappa shape index (κ1) is 22.8. The number of nitrogens with one attached hydrogen (secondary N) is 3. The van der Waals surface area contributed by atoms with Crippen molar-refractivity contribution in [2.75, 3.05) is 26.2 Å². The Kier molecular flexibility index (Phi) is 8.39. The Balaban J connectivity index is 1.94. The van der Waals surface area contributed by atoms with Crippen molar-refractivity contribution in [2.24, 2.45) is 5.92 Å². The lowest BCUT2D eigenvalue weighted by Crippen LogP contribution is -2.53. The summed E-state index contributed by atoms with van der Waals surface area (Å²) >= 11 is 0. The Labute approximate surface area is 164 Å². The maximum absolute atomic E-state index is 12.6. The van der Waals surface area contributed by atoms with Gasteiger partial charge < -0.3 is 15.0 Å². The molecule has 3 unspecified atom stereocenters. The zero-order chi connectivity index (χ0) is 20.7. The minimum absolute atomic E-state index is 0.0533. The summed E-state index contributed by atoms with van der Waals surface area (Å²) in [6.45, 7) is 5.53. The van der Waals surface area contributed by atoms with Gasteiger partial charge in [0.1, 0.15) is 12.1 Å². The average Bonchev–Trinajstić information content (AvgIpc) is 3.07. The van der Waals surface area contributed by atoms with Crippen molar-refractivity contribution in [1.29, 1.82) is 0 Å². The highest BCUT2D eigenvalue weighted by molar-refractivity contribution is 7.80. The van der Waals surface area contributed by atoms with Crippen LogP contribution in [0.4, 0.5) is 4.79 Å². The lowest BCUT2D eigenvalue weighted by molar-refractivity contribution is -0.145. The summed E-state index contributed by atoms with van der Waals surface area (Å²) in [6, 6.07) is -1.89. The second-order valence-corrected chi connectivity index (χ2v) is 7.68. The fraction of sp³-hybridized carbons (Fsp3) is 0.867. The number of fused-ring (bicyclic) bond motifs is 1. The van der Waals surface area contributed by atoms with Gasteiger partial charge >= 0.3 is 16.4 Å². The Morgan fingerprint density at radius 3 is 2.75 bits per heavy atom. The molecule has 162 valence electrons. The van der Waals surface area contributed by atoms with E-state index in [1.165, 1.54) is 0 Å². The number of carbonyl (C=O) groups excluding carboxylic acids is 2. The van der Waals surface area contributed by atoms with Crippen LogP contribution in [0.5, 0.6) is 0 Å². The van der Waals surface area contributed by atoms with E-state index in [1.807, 2.05) is 6.92 Å². The maximum Gasteiger partial charge on any atom is 0.418 e. The smallest absolute Gasteiger partial charge is 0.374 e. The number of urea groups is 1. The molecule has 12 nitrogen and oxygen atoms in total. The van der Waals surface area contributed by atoms with Gasteiger partial charge in [-0.15, -0.1) is 4.28 Å². The standard InChI is InChI=1S/C15H28N4O8S/c1-3-5-11(19(4-2)15(21)18-27-28(22,23)24)14(20)17-26-13-9-25-12-8-16-7-6-10(12)13/h10-13,16H,3-9H2,1-2H3,(H,17,20)(H,18,21)(H,22,23,24)/t10?,11-,12?,13?/m0/s1. The van der Waals surface area contributed by atoms with Gasteiger partial charge in [-0.1, -0.05) is 13.3 Å². The lowest BCUT2D eigenvalue weighted by Gasteiger charge is -2.30. The normalized spacial score (nSPS) is 25.6. The number of hydroxylamine groups is 2. The molecule has 13 heteroatoms. The molecular formula is C15H28N4O8S. The van der Waals surface area contributed by atoms with E-state index in [0.717, 1.165) is 24.4 Å².